The Hall–Kier alpha value is -1.77. The first-order valence-electron chi connectivity index (χ1n) is 3.88. The molecule has 1 aromatic rings. The van der Waals surface area contributed by atoms with E-state index >= 15 is 0 Å². The molecule has 0 saturated heterocycles. The quantitative estimate of drug-likeness (QED) is 0.399. The Balaban J connectivity index is 2.16. The minimum absolute atomic E-state index is 0.363. The molecule has 0 aromatic heterocycles. The summed E-state index contributed by atoms with van der Waals surface area (Å²) in [5.74, 6) is 1.37. The summed E-state index contributed by atoms with van der Waals surface area (Å²) in [4.78, 5) is 10.8. The summed E-state index contributed by atoms with van der Waals surface area (Å²) in [6.07, 6.45) is 3.05. The van der Waals surface area contributed by atoms with E-state index in [1.807, 2.05) is 18.2 Å². The highest BCUT2D eigenvalue weighted by atomic mass is 16.6. The van der Waals surface area contributed by atoms with Crippen molar-refractivity contribution in [2.75, 3.05) is 7.11 Å². The van der Waals surface area contributed by atoms with Crippen LogP contribution in [0, 0.1) is 0 Å². The largest absolute Gasteiger partial charge is 0.466 e. The zero-order valence-corrected chi connectivity index (χ0v) is 7.11. The lowest BCUT2D eigenvalue weighted by Gasteiger charge is -1.89. The maximum absolute atomic E-state index is 10.8. The first-order valence-corrected chi connectivity index (χ1v) is 3.88. The highest BCUT2D eigenvalue weighted by Crippen LogP contribution is 2.48. The summed E-state index contributed by atoms with van der Waals surface area (Å²) >= 11 is 0. The van der Waals surface area contributed by atoms with Crippen molar-refractivity contribution < 1.29 is 14.3 Å². The van der Waals surface area contributed by atoms with Crippen LogP contribution in [0.5, 0.6) is 11.5 Å². The summed E-state index contributed by atoms with van der Waals surface area (Å²) in [7, 11) is 1.35. The first kappa shape index (κ1) is 7.86. The van der Waals surface area contributed by atoms with Gasteiger partial charge in [0.05, 0.1) is 7.11 Å². The average Bonchev–Trinajstić information content (AvgIpc) is 2.92. The molecule has 2 rings (SSSR count). The average molecular weight is 176 g/mol. The fourth-order valence-electron chi connectivity index (χ4n) is 1.07. The fraction of sp³-hybridized carbons (Fsp3) is 0.100. The van der Waals surface area contributed by atoms with Crippen LogP contribution < -0.4 is 4.74 Å². The lowest BCUT2D eigenvalue weighted by molar-refractivity contribution is -0.134. The topological polar surface area (TPSA) is 38.8 Å². The molecule has 1 heterocycles. The number of hydrogen-bond donors (Lipinski definition) is 0. The van der Waals surface area contributed by atoms with Crippen molar-refractivity contribution in [2.24, 2.45) is 0 Å². The van der Waals surface area contributed by atoms with Gasteiger partial charge in [0.25, 0.3) is 0 Å². The molecule has 66 valence electrons. The van der Waals surface area contributed by atoms with Gasteiger partial charge in [0.2, 0.25) is 0 Å². The summed E-state index contributed by atoms with van der Waals surface area (Å²) < 4.78 is 9.59. The molecule has 0 atom stereocenters. The molecular weight excluding hydrogens is 168 g/mol. The standard InChI is InChI=1S/C10H8O3/c1-12-9(11)6-5-7-3-2-4-8-10(7)13-8/h2-6H,1H3. The first-order chi connectivity index (χ1) is 6.31. The number of fused-ring (bicyclic) bond motifs is 1. The van der Waals surface area contributed by atoms with Gasteiger partial charge >= 0.3 is 5.97 Å². The fourth-order valence-corrected chi connectivity index (χ4v) is 1.07. The Morgan fingerprint density at radius 2 is 2.38 bits per heavy atom. The zero-order chi connectivity index (χ0) is 9.26. The predicted octanol–water partition coefficient (Wildman–Crippen LogP) is 1.98. The van der Waals surface area contributed by atoms with Crippen LogP contribution in [0.15, 0.2) is 24.3 Å². The number of benzene rings is 1. The van der Waals surface area contributed by atoms with Gasteiger partial charge in [0.1, 0.15) is 0 Å². The second kappa shape index (κ2) is 2.94. The van der Waals surface area contributed by atoms with Crippen LogP contribution >= 0.6 is 0 Å². The molecule has 3 heteroatoms. The van der Waals surface area contributed by atoms with Gasteiger partial charge in [-0.15, -0.1) is 0 Å². The molecule has 0 fully saturated rings. The Bertz CT molecular complexity index is 380. The van der Waals surface area contributed by atoms with Crippen molar-refractivity contribution >= 4 is 12.0 Å². The van der Waals surface area contributed by atoms with E-state index in [-0.39, 0.29) is 5.97 Å². The van der Waals surface area contributed by atoms with E-state index in [1.165, 1.54) is 13.2 Å². The van der Waals surface area contributed by atoms with Crippen LogP contribution in [0.3, 0.4) is 0 Å². The van der Waals surface area contributed by atoms with Gasteiger partial charge in [-0.1, -0.05) is 12.1 Å². The highest BCUT2D eigenvalue weighted by Gasteiger charge is 2.21. The molecule has 1 aliphatic rings. The molecule has 3 nitrogen and oxygen atoms in total. The molecule has 0 spiro atoms. The normalized spacial score (nSPS) is 12.1. The van der Waals surface area contributed by atoms with Crippen molar-refractivity contribution in [3.8, 4) is 11.5 Å². The molecule has 0 amide bonds. The zero-order valence-electron chi connectivity index (χ0n) is 7.11. The maximum atomic E-state index is 10.8. The summed E-state index contributed by atoms with van der Waals surface area (Å²) in [6.45, 7) is 0. The smallest absolute Gasteiger partial charge is 0.330 e. The lowest BCUT2D eigenvalue weighted by atomic mass is 10.2. The Labute approximate surface area is 75.6 Å². The third-order valence-electron chi connectivity index (χ3n) is 1.78. The Morgan fingerprint density at radius 1 is 1.54 bits per heavy atom. The van der Waals surface area contributed by atoms with Gasteiger partial charge < -0.3 is 9.47 Å². The van der Waals surface area contributed by atoms with Crippen molar-refractivity contribution in [1.82, 2.24) is 0 Å². The molecule has 0 bridgehead atoms. The molecule has 0 saturated carbocycles. The van der Waals surface area contributed by atoms with Crippen molar-refractivity contribution in [3.05, 3.63) is 29.8 Å². The van der Waals surface area contributed by atoms with E-state index in [0.29, 0.717) is 0 Å². The van der Waals surface area contributed by atoms with Gasteiger partial charge in [-0.25, -0.2) is 4.79 Å². The molecular formula is C10H8O3. The van der Waals surface area contributed by atoms with Crippen molar-refractivity contribution in [3.63, 3.8) is 0 Å². The van der Waals surface area contributed by atoms with Crippen LogP contribution in [-0.2, 0) is 9.53 Å². The molecule has 13 heavy (non-hydrogen) atoms. The third-order valence-corrected chi connectivity index (χ3v) is 1.78. The van der Waals surface area contributed by atoms with Crippen LogP contribution in [0.2, 0.25) is 0 Å². The number of methoxy groups -OCH3 is 1. The third kappa shape index (κ3) is 1.54. The SMILES string of the molecule is COC(=O)C=Cc1cccc2c1O2. The van der Waals surface area contributed by atoms with E-state index in [9.17, 15) is 4.79 Å². The molecule has 0 N–H and O–H groups in total. The number of ether oxygens (including phenoxy) is 2. The van der Waals surface area contributed by atoms with Crippen LogP contribution in [0.4, 0.5) is 0 Å². The van der Waals surface area contributed by atoms with Crippen molar-refractivity contribution in [2.45, 2.75) is 0 Å². The molecule has 0 radical (unpaired) electrons. The Kier molecular flexibility index (Phi) is 1.77. The number of rotatable bonds is 2. The van der Waals surface area contributed by atoms with E-state index in [2.05, 4.69) is 4.74 Å². The van der Waals surface area contributed by atoms with E-state index < -0.39 is 0 Å². The number of hydrogen-bond acceptors (Lipinski definition) is 3. The van der Waals surface area contributed by atoms with Gasteiger partial charge in [-0.3, -0.25) is 0 Å². The van der Waals surface area contributed by atoms with Crippen LogP contribution in [0.1, 0.15) is 5.56 Å². The Morgan fingerprint density at radius 3 is 3.15 bits per heavy atom. The molecule has 0 aliphatic carbocycles. The second-order valence-electron chi connectivity index (χ2n) is 2.63. The summed E-state index contributed by atoms with van der Waals surface area (Å²) in [5, 5.41) is 0. The number of para-hydroxylation sites is 1. The van der Waals surface area contributed by atoms with Crippen molar-refractivity contribution in [1.29, 1.82) is 0 Å². The van der Waals surface area contributed by atoms with Gasteiger partial charge in [0.15, 0.2) is 11.5 Å². The van der Waals surface area contributed by atoms with Crippen LogP contribution in [-0.4, -0.2) is 13.1 Å². The van der Waals surface area contributed by atoms with Gasteiger partial charge in [-0.2, -0.15) is 0 Å². The summed E-state index contributed by atoms with van der Waals surface area (Å²) in [5.41, 5.74) is 0.905. The van der Waals surface area contributed by atoms with E-state index in [0.717, 1.165) is 17.1 Å². The lowest BCUT2D eigenvalue weighted by Crippen LogP contribution is -1.92. The number of carbonyl (C=O) groups excluding carboxylic acids is 1. The monoisotopic (exact) mass is 176 g/mol. The molecule has 1 aromatic carbocycles. The van der Waals surface area contributed by atoms with Gasteiger partial charge in [-0.05, 0) is 12.1 Å². The number of carbonyl (C=O) groups is 1. The summed E-state index contributed by atoms with van der Waals surface area (Å²) in [6, 6.07) is 5.64. The van der Waals surface area contributed by atoms with E-state index in [4.69, 9.17) is 4.74 Å². The minimum atomic E-state index is -0.363. The molecule has 0 unspecified atom stereocenters. The van der Waals surface area contributed by atoms with E-state index in [1.54, 1.807) is 6.08 Å². The predicted molar refractivity (Wildman–Crippen MR) is 47.6 cm³/mol. The number of esters is 1. The second-order valence-corrected chi connectivity index (χ2v) is 2.63. The molecule has 1 aliphatic heterocycles. The minimum Gasteiger partial charge on any atom is -0.466 e. The maximum Gasteiger partial charge on any atom is 0.330 e. The van der Waals surface area contributed by atoms with Crippen LogP contribution in [0.25, 0.3) is 6.08 Å². The van der Waals surface area contributed by atoms with Gasteiger partial charge in [0, 0.05) is 11.6 Å². The highest BCUT2D eigenvalue weighted by molar-refractivity contribution is 5.88.